The lowest BCUT2D eigenvalue weighted by Crippen LogP contribution is -2.08. The number of hydrogen-bond donors (Lipinski definition) is 1. The number of rotatable bonds is 3. The second kappa shape index (κ2) is 4.70. The molecular formula is C14H14BrN3O2. The lowest BCUT2D eigenvalue weighted by molar-refractivity contribution is 0.0689. The van der Waals surface area contributed by atoms with Gasteiger partial charge in [0.25, 0.3) is 0 Å². The third-order valence-corrected chi connectivity index (χ3v) is 4.09. The summed E-state index contributed by atoms with van der Waals surface area (Å²) in [4.78, 5) is 11.3. The Kier molecular flexibility index (Phi) is 3.12. The molecule has 1 saturated carbocycles. The third-order valence-electron chi connectivity index (χ3n) is 3.48. The van der Waals surface area contributed by atoms with E-state index in [2.05, 4.69) is 32.3 Å². The van der Waals surface area contributed by atoms with Crippen molar-refractivity contribution in [3.63, 3.8) is 0 Å². The van der Waals surface area contributed by atoms with Gasteiger partial charge in [-0.1, -0.05) is 11.3 Å². The fourth-order valence-electron chi connectivity index (χ4n) is 2.51. The largest absolute Gasteiger partial charge is 0.476 e. The van der Waals surface area contributed by atoms with E-state index < -0.39 is 5.97 Å². The van der Waals surface area contributed by atoms with E-state index in [9.17, 15) is 9.90 Å². The van der Waals surface area contributed by atoms with Crippen LogP contribution >= 0.6 is 15.9 Å². The van der Waals surface area contributed by atoms with Crippen LogP contribution < -0.4 is 0 Å². The summed E-state index contributed by atoms with van der Waals surface area (Å²) < 4.78 is 2.58. The van der Waals surface area contributed by atoms with Crippen molar-refractivity contribution in [3.8, 4) is 5.69 Å². The monoisotopic (exact) mass is 335 g/mol. The standard InChI is InChI=1S/C14H14BrN3O2/c1-7-5-8(2)12(10(15)6-7)18-13(9-3-4-9)11(14(19)20)16-17-18/h5-6,9H,3-4H2,1-2H3,(H,19,20). The van der Waals surface area contributed by atoms with Crippen LogP contribution in [0.15, 0.2) is 16.6 Å². The predicted molar refractivity (Wildman–Crippen MR) is 77.5 cm³/mol. The molecule has 2 aromatic rings. The zero-order valence-electron chi connectivity index (χ0n) is 11.2. The maximum Gasteiger partial charge on any atom is 0.358 e. The molecule has 1 aromatic heterocycles. The lowest BCUT2D eigenvalue weighted by Gasteiger charge is -2.12. The Morgan fingerprint density at radius 3 is 2.65 bits per heavy atom. The van der Waals surface area contributed by atoms with E-state index in [4.69, 9.17) is 0 Å². The van der Waals surface area contributed by atoms with E-state index in [1.807, 2.05) is 19.9 Å². The van der Waals surface area contributed by atoms with Crippen molar-refractivity contribution < 1.29 is 9.90 Å². The molecular weight excluding hydrogens is 322 g/mol. The number of nitrogens with zero attached hydrogens (tertiary/aromatic N) is 3. The second-order valence-corrected chi connectivity index (χ2v) is 6.08. The highest BCUT2D eigenvalue weighted by Crippen LogP contribution is 2.43. The van der Waals surface area contributed by atoms with E-state index in [-0.39, 0.29) is 11.6 Å². The van der Waals surface area contributed by atoms with E-state index in [0.29, 0.717) is 5.69 Å². The third kappa shape index (κ3) is 2.14. The van der Waals surface area contributed by atoms with Gasteiger partial charge in [0.1, 0.15) is 0 Å². The van der Waals surface area contributed by atoms with E-state index in [1.54, 1.807) is 4.68 Å². The average molecular weight is 336 g/mol. The van der Waals surface area contributed by atoms with Crippen molar-refractivity contribution in [3.05, 3.63) is 39.1 Å². The lowest BCUT2D eigenvalue weighted by atomic mass is 10.1. The van der Waals surface area contributed by atoms with Gasteiger partial charge in [-0.25, -0.2) is 9.48 Å². The van der Waals surface area contributed by atoms with Crippen LogP contribution in [0.25, 0.3) is 5.69 Å². The first-order valence-electron chi connectivity index (χ1n) is 6.45. The second-order valence-electron chi connectivity index (χ2n) is 5.23. The van der Waals surface area contributed by atoms with Gasteiger partial charge >= 0.3 is 5.97 Å². The highest BCUT2D eigenvalue weighted by atomic mass is 79.9. The summed E-state index contributed by atoms with van der Waals surface area (Å²) in [5.41, 5.74) is 3.84. The number of aromatic carboxylic acids is 1. The quantitative estimate of drug-likeness (QED) is 0.934. The Morgan fingerprint density at radius 2 is 2.10 bits per heavy atom. The van der Waals surface area contributed by atoms with Crippen molar-refractivity contribution in [2.75, 3.05) is 0 Å². The Balaban J connectivity index is 2.23. The molecule has 0 spiro atoms. The van der Waals surface area contributed by atoms with Crippen LogP contribution in [-0.2, 0) is 0 Å². The summed E-state index contributed by atoms with van der Waals surface area (Å²) >= 11 is 3.55. The van der Waals surface area contributed by atoms with Crippen LogP contribution in [0.1, 0.15) is 46.1 Å². The maximum absolute atomic E-state index is 11.3. The normalized spacial score (nSPS) is 14.6. The fourth-order valence-corrected chi connectivity index (χ4v) is 3.35. The predicted octanol–water partition coefficient (Wildman–Crippen LogP) is 3.22. The van der Waals surface area contributed by atoms with Crippen LogP contribution in [0.4, 0.5) is 0 Å². The molecule has 3 rings (SSSR count). The molecule has 0 bridgehead atoms. The first-order valence-corrected chi connectivity index (χ1v) is 7.24. The minimum atomic E-state index is -1.01. The van der Waals surface area contributed by atoms with Crippen molar-refractivity contribution in [1.82, 2.24) is 15.0 Å². The van der Waals surface area contributed by atoms with Gasteiger partial charge in [-0.2, -0.15) is 0 Å². The molecule has 0 radical (unpaired) electrons. The smallest absolute Gasteiger partial charge is 0.358 e. The highest BCUT2D eigenvalue weighted by molar-refractivity contribution is 9.10. The molecule has 0 atom stereocenters. The molecule has 6 heteroatoms. The topological polar surface area (TPSA) is 68.0 Å². The average Bonchev–Trinajstić information content (AvgIpc) is 3.08. The Bertz CT molecular complexity index is 681. The summed E-state index contributed by atoms with van der Waals surface area (Å²) in [5.74, 6) is -0.761. The van der Waals surface area contributed by atoms with Gasteiger partial charge in [0, 0.05) is 10.4 Å². The molecule has 104 valence electrons. The molecule has 0 aliphatic heterocycles. The highest BCUT2D eigenvalue weighted by Gasteiger charge is 2.34. The number of aryl methyl sites for hydroxylation is 2. The molecule has 1 N–H and O–H groups in total. The minimum Gasteiger partial charge on any atom is -0.476 e. The van der Waals surface area contributed by atoms with Crippen molar-refractivity contribution in [1.29, 1.82) is 0 Å². The first kappa shape index (κ1) is 13.3. The number of benzene rings is 1. The molecule has 1 aliphatic rings. The SMILES string of the molecule is Cc1cc(C)c(-n2nnc(C(=O)O)c2C2CC2)c(Br)c1. The van der Waals surface area contributed by atoms with Crippen molar-refractivity contribution >= 4 is 21.9 Å². The van der Waals surface area contributed by atoms with Crippen molar-refractivity contribution in [2.45, 2.75) is 32.6 Å². The maximum atomic E-state index is 11.3. The van der Waals surface area contributed by atoms with Gasteiger partial charge in [-0.3, -0.25) is 0 Å². The van der Waals surface area contributed by atoms with Gasteiger partial charge in [-0.05, 0) is 59.8 Å². The molecule has 1 aromatic carbocycles. The van der Waals surface area contributed by atoms with E-state index >= 15 is 0 Å². The molecule has 1 aliphatic carbocycles. The van der Waals surface area contributed by atoms with Crippen LogP contribution in [0.3, 0.4) is 0 Å². The van der Waals surface area contributed by atoms with Gasteiger partial charge in [0.2, 0.25) is 0 Å². The molecule has 0 amide bonds. The molecule has 1 heterocycles. The Labute approximate surface area is 124 Å². The summed E-state index contributed by atoms with van der Waals surface area (Å²) in [7, 11) is 0. The zero-order chi connectivity index (χ0) is 14.4. The number of hydrogen-bond acceptors (Lipinski definition) is 3. The minimum absolute atomic E-state index is 0.0689. The van der Waals surface area contributed by atoms with Crippen LogP contribution in [0.5, 0.6) is 0 Å². The summed E-state index contributed by atoms with van der Waals surface area (Å²) in [6.07, 6.45) is 1.99. The molecule has 0 saturated heterocycles. The molecule has 0 unspecified atom stereocenters. The summed E-state index contributed by atoms with van der Waals surface area (Å²) in [6, 6.07) is 4.06. The van der Waals surface area contributed by atoms with Crippen molar-refractivity contribution in [2.24, 2.45) is 0 Å². The number of carboxylic acids is 1. The first-order chi connectivity index (χ1) is 9.49. The molecule has 5 nitrogen and oxygen atoms in total. The number of carboxylic acid groups (broad SMARTS) is 1. The molecule has 20 heavy (non-hydrogen) atoms. The Hall–Kier alpha value is -1.69. The van der Waals surface area contributed by atoms with Crippen LogP contribution in [-0.4, -0.2) is 26.1 Å². The summed E-state index contributed by atoms with van der Waals surface area (Å²) in [6.45, 7) is 4.01. The van der Waals surface area contributed by atoms with Gasteiger partial charge in [-0.15, -0.1) is 5.10 Å². The zero-order valence-corrected chi connectivity index (χ0v) is 12.8. The number of halogens is 1. The van der Waals surface area contributed by atoms with Gasteiger partial charge in [0.15, 0.2) is 5.69 Å². The molecule has 1 fully saturated rings. The fraction of sp³-hybridized carbons (Fsp3) is 0.357. The summed E-state index contributed by atoms with van der Waals surface area (Å²) in [5, 5.41) is 17.2. The number of carbonyl (C=O) groups is 1. The number of aromatic nitrogens is 3. The van der Waals surface area contributed by atoms with Gasteiger partial charge < -0.3 is 5.11 Å². The Morgan fingerprint density at radius 1 is 1.40 bits per heavy atom. The van der Waals surface area contributed by atoms with Crippen LogP contribution in [0.2, 0.25) is 0 Å². The van der Waals surface area contributed by atoms with Gasteiger partial charge in [0.05, 0.1) is 11.4 Å². The van der Waals surface area contributed by atoms with Crippen LogP contribution in [0, 0.1) is 13.8 Å². The van der Waals surface area contributed by atoms with E-state index in [0.717, 1.165) is 34.1 Å². The van der Waals surface area contributed by atoms with E-state index in [1.165, 1.54) is 0 Å².